The van der Waals surface area contributed by atoms with Crippen molar-refractivity contribution in [2.45, 2.75) is 69.8 Å². The van der Waals surface area contributed by atoms with E-state index in [1.807, 2.05) is 0 Å². The highest BCUT2D eigenvalue weighted by Gasteiger charge is 2.58. The predicted octanol–water partition coefficient (Wildman–Crippen LogP) is 2.49. The third kappa shape index (κ3) is 6.58. The van der Waals surface area contributed by atoms with Crippen LogP contribution in [-0.2, 0) is 17.8 Å². The molecule has 0 bridgehead atoms. The molecule has 10 nitrogen and oxygen atoms in total. The van der Waals surface area contributed by atoms with Gasteiger partial charge in [-0.2, -0.15) is 33.4 Å². The zero-order valence-electron chi connectivity index (χ0n) is 20.8. The maximum absolute atomic E-state index is 14.7. The van der Waals surface area contributed by atoms with Gasteiger partial charge in [0, 0.05) is 25.6 Å². The van der Waals surface area contributed by atoms with Crippen LogP contribution in [0.4, 0.5) is 13.2 Å². The number of rotatable bonds is 11. The van der Waals surface area contributed by atoms with Crippen LogP contribution in [0.1, 0.15) is 43.6 Å². The van der Waals surface area contributed by atoms with Crippen molar-refractivity contribution in [3.63, 3.8) is 0 Å². The van der Waals surface area contributed by atoms with Crippen molar-refractivity contribution in [1.29, 1.82) is 0 Å². The van der Waals surface area contributed by atoms with Crippen molar-refractivity contribution in [1.82, 2.24) is 45.8 Å². The van der Waals surface area contributed by atoms with Crippen LogP contribution in [-0.4, -0.2) is 84.2 Å². The number of H-pyrrole nitrogens is 1. The molecule has 2 aliphatic rings. The number of carbonyl (C=O) groups excluding carboxylic acids is 1. The molecule has 2 aromatic rings. The highest BCUT2D eigenvalue weighted by molar-refractivity contribution is 5.66. The van der Waals surface area contributed by atoms with Gasteiger partial charge in [-0.15, -0.1) is 10.2 Å². The predicted molar refractivity (Wildman–Crippen MR) is 129 cm³/mol. The second-order valence-corrected chi connectivity index (χ2v) is 9.49. The van der Waals surface area contributed by atoms with Gasteiger partial charge in [0.1, 0.15) is 11.8 Å². The van der Waals surface area contributed by atoms with Gasteiger partial charge in [-0.1, -0.05) is 18.2 Å². The molecule has 2 aromatic heterocycles. The number of allylic oxidation sites excluding steroid dienone is 4. The Hall–Kier alpha value is -3.19. The zero-order valence-corrected chi connectivity index (χ0v) is 20.8. The molecule has 0 saturated carbocycles. The number of nitrogens with zero attached hydrogens (tertiary/aromatic N) is 7. The molecule has 2 N–H and O–H groups in total. The molecule has 4 rings (SSSR count). The van der Waals surface area contributed by atoms with Crippen LogP contribution in [0.5, 0.6) is 0 Å². The average molecular weight is 520 g/mol. The summed E-state index contributed by atoms with van der Waals surface area (Å²) in [6.45, 7) is 3.20. The fourth-order valence-electron chi connectivity index (χ4n) is 5.01. The minimum atomic E-state index is -4.48. The summed E-state index contributed by atoms with van der Waals surface area (Å²) in [5.41, 5.74) is -0.134. The smallest absolute Gasteiger partial charge is 0.314 e. The van der Waals surface area contributed by atoms with E-state index >= 15 is 0 Å². The Labute approximate surface area is 213 Å². The lowest BCUT2D eigenvalue weighted by atomic mass is 9.79. The van der Waals surface area contributed by atoms with Gasteiger partial charge in [0.15, 0.2) is 5.82 Å². The standard InChI is InChI=1S/C24H32F3N9O/c1-18-30-34-36(32-18)17-20-15-23(24(25,26)27,10-7-19(20)5-4-14-37)35-12-8-21(9-13-35)28-11-3-2-6-22-16-29-33-31-22/h4-5,7,10,14,16,21,28H,2-3,6,8-9,11-13,15,17H2,1H3,(H,29,31,33). The number of carbonyl (C=O) groups is 1. The number of aryl methyl sites for hydroxylation is 2. The molecule has 13 heteroatoms. The molecule has 0 aromatic carbocycles. The van der Waals surface area contributed by atoms with Gasteiger partial charge >= 0.3 is 6.18 Å². The van der Waals surface area contributed by atoms with Gasteiger partial charge in [-0.3, -0.25) is 9.69 Å². The van der Waals surface area contributed by atoms with Gasteiger partial charge < -0.3 is 5.32 Å². The second kappa shape index (κ2) is 11.9. The minimum Gasteiger partial charge on any atom is -0.314 e. The molecule has 1 fully saturated rings. The first kappa shape index (κ1) is 26.9. The first-order valence-corrected chi connectivity index (χ1v) is 12.5. The molecular weight excluding hydrogens is 487 g/mol. The largest absolute Gasteiger partial charge is 0.410 e. The number of unbranched alkanes of at least 4 members (excludes halogenated alkanes) is 1. The molecule has 1 aliphatic heterocycles. The molecule has 0 radical (unpaired) electrons. The summed E-state index contributed by atoms with van der Waals surface area (Å²) < 4.78 is 44.1. The van der Waals surface area contributed by atoms with E-state index in [0.717, 1.165) is 31.5 Å². The second-order valence-electron chi connectivity index (χ2n) is 9.49. The van der Waals surface area contributed by atoms with Crippen molar-refractivity contribution >= 4 is 6.29 Å². The molecule has 200 valence electrons. The zero-order chi connectivity index (χ0) is 26.3. The molecule has 1 aliphatic carbocycles. The highest BCUT2D eigenvalue weighted by atomic mass is 19.4. The Balaban J connectivity index is 1.39. The number of aromatic nitrogens is 7. The van der Waals surface area contributed by atoms with Crippen molar-refractivity contribution < 1.29 is 18.0 Å². The van der Waals surface area contributed by atoms with Crippen LogP contribution in [0.2, 0.25) is 0 Å². The first-order valence-electron chi connectivity index (χ1n) is 12.5. The lowest BCUT2D eigenvalue weighted by Gasteiger charge is -2.48. The fraction of sp³-hybridized carbons (Fsp3) is 0.583. The van der Waals surface area contributed by atoms with E-state index in [9.17, 15) is 18.0 Å². The summed E-state index contributed by atoms with van der Waals surface area (Å²) in [4.78, 5) is 13.7. The monoisotopic (exact) mass is 519 g/mol. The SMILES string of the molecule is Cc1nnn(CC2=C(C=CC=O)C=CC(N3CCC(NCCCCc4cn[nH]n4)CC3)(C(F)(F)F)C2)n1. The number of hydrogen-bond donors (Lipinski definition) is 2. The molecule has 0 spiro atoms. The number of hydrogen-bond acceptors (Lipinski definition) is 8. The van der Waals surface area contributed by atoms with Gasteiger partial charge in [0.05, 0.1) is 18.4 Å². The Bertz CT molecular complexity index is 1110. The van der Waals surface area contributed by atoms with E-state index in [0.29, 0.717) is 49.2 Å². The molecule has 1 saturated heterocycles. The number of nitrogens with one attached hydrogen (secondary N) is 2. The Morgan fingerprint density at radius 2 is 2.08 bits per heavy atom. The summed E-state index contributed by atoms with van der Waals surface area (Å²) in [7, 11) is 0. The number of likely N-dealkylation sites (tertiary alicyclic amines) is 1. The van der Waals surface area contributed by atoms with E-state index in [4.69, 9.17) is 0 Å². The van der Waals surface area contributed by atoms with Crippen LogP contribution in [0.3, 0.4) is 0 Å². The molecule has 0 amide bonds. The molecule has 3 heterocycles. The summed E-state index contributed by atoms with van der Waals surface area (Å²) in [6, 6.07) is 0.185. The molecule has 1 atom stereocenters. The Morgan fingerprint density at radius 3 is 2.73 bits per heavy atom. The molecule has 1 unspecified atom stereocenters. The summed E-state index contributed by atoms with van der Waals surface area (Å²) in [5, 5.41) is 25.8. The Kier molecular flexibility index (Phi) is 8.64. The summed E-state index contributed by atoms with van der Waals surface area (Å²) in [5.74, 6) is 0.437. The topological polar surface area (TPSA) is 118 Å². The summed E-state index contributed by atoms with van der Waals surface area (Å²) >= 11 is 0. The molecular formula is C24H32F3N9O. The van der Waals surface area contributed by atoms with Crippen LogP contribution >= 0.6 is 0 Å². The van der Waals surface area contributed by atoms with E-state index in [1.54, 1.807) is 18.0 Å². The van der Waals surface area contributed by atoms with Gasteiger partial charge in [-0.05, 0) is 68.0 Å². The number of aromatic amines is 1. The number of alkyl halides is 3. The van der Waals surface area contributed by atoms with Crippen LogP contribution < -0.4 is 5.32 Å². The highest BCUT2D eigenvalue weighted by Crippen LogP contribution is 2.45. The van der Waals surface area contributed by atoms with Crippen molar-refractivity contribution in [2.24, 2.45) is 0 Å². The van der Waals surface area contributed by atoms with Crippen molar-refractivity contribution in [3.8, 4) is 0 Å². The molecule has 37 heavy (non-hydrogen) atoms. The van der Waals surface area contributed by atoms with Gasteiger partial charge in [-0.25, -0.2) is 0 Å². The lowest BCUT2D eigenvalue weighted by molar-refractivity contribution is -0.218. The maximum atomic E-state index is 14.7. The average Bonchev–Trinajstić information content (AvgIpc) is 3.54. The van der Waals surface area contributed by atoms with Crippen LogP contribution in [0.15, 0.2) is 41.6 Å². The Morgan fingerprint density at radius 1 is 1.27 bits per heavy atom. The van der Waals surface area contributed by atoms with E-state index < -0.39 is 11.7 Å². The van der Waals surface area contributed by atoms with E-state index in [-0.39, 0.29) is 19.0 Å². The number of piperidine rings is 1. The first-order chi connectivity index (χ1) is 17.8. The fourth-order valence-corrected chi connectivity index (χ4v) is 5.01. The maximum Gasteiger partial charge on any atom is 0.410 e. The van der Waals surface area contributed by atoms with Crippen molar-refractivity contribution in [3.05, 3.63) is 53.2 Å². The number of aldehydes is 1. The van der Waals surface area contributed by atoms with Crippen molar-refractivity contribution in [2.75, 3.05) is 19.6 Å². The number of halogens is 3. The minimum absolute atomic E-state index is 0.0634. The third-order valence-electron chi connectivity index (χ3n) is 6.98. The lowest BCUT2D eigenvalue weighted by Crippen LogP contribution is -2.61. The van der Waals surface area contributed by atoms with E-state index in [2.05, 4.69) is 36.1 Å². The number of tetrazole rings is 1. The van der Waals surface area contributed by atoms with E-state index in [1.165, 1.54) is 29.1 Å². The quantitative estimate of drug-likeness (QED) is 0.264. The summed E-state index contributed by atoms with van der Waals surface area (Å²) in [6.07, 6.45) is 7.15. The van der Waals surface area contributed by atoms with Gasteiger partial charge in [0.25, 0.3) is 0 Å². The van der Waals surface area contributed by atoms with Crippen LogP contribution in [0.25, 0.3) is 0 Å². The van der Waals surface area contributed by atoms with Gasteiger partial charge in [0.2, 0.25) is 0 Å². The third-order valence-corrected chi connectivity index (χ3v) is 6.98. The normalized spacial score (nSPS) is 21.8. The van der Waals surface area contributed by atoms with Crippen LogP contribution in [0, 0.1) is 6.92 Å².